The molecular formula is C5H12O3S. The minimum atomic E-state index is -1.25. The first-order valence-corrected chi connectivity index (χ1v) is 2.22. The molecule has 0 atom stereocenters. The van der Waals surface area contributed by atoms with Crippen LogP contribution in [-0.2, 0) is 4.74 Å². The third-order valence-corrected chi connectivity index (χ3v) is 0.175. The van der Waals surface area contributed by atoms with E-state index in [1.54, 1.807) is 0 Å². The molecule has 0 radical (unpaired) electrons. The van der Waals surface area contributed by atoms with Crippen molar-refractivity contribution in [1.82, 2.24) is 0 Å². The Morgan fingerprint density at radius 1 is 1.89 bits per heavy atom. The van der Waals surface area contributed by atoms with Gasteiger partial charge in [-0.2, -0.15) is 12.6 Å². The zero-order chi connectivity index (χ0) is 6.99. The second-order valence-corrected chi connectivity index (χ2v) is 1.02. The number of carbonyl (C=O) groups is 1. The quantitative estimate of drug-likeness (QED) is 0.412. The molecule has 0 amide bonds. The maximum absolute atomic E-state index is 9.15. The third kappa shape index (κ3) is 114. The molecule has 0 heterocycles. The Bertz CT molecular complexity index is 72.6. The lowest BCUT2D eigenvalue weighted by atomic mass is 11.3. The predicted molar refractivity (Wildman–Crippen MR) is 40.9 cm³/mol. The summed E-state index contributed by atoms with van der Waals surface area (Å²) in [6.07, 6.45) is -1.25. The molecule has 0 bridgehead atoms. The molecule has 0 aromatic rings. The summed E-state index contributed by atoms with van der Waals surface area (Å²) in [5.74, 6) is 0. The monoisotopic (exact) mass is 152 g/mol. The van der Waals surface area contributed by atoms with E-state index in [9.17, 15) is 0 Å². The van der Waals surface area contributed by atoms with Gasteiger partial charge in [0.05, 0.1) is 7.11 Å². The molecule has 0 aromatic carbocycles. The van der Waals surface area contributed by atoms with Gasteiger partial charge in [0.1, 0.15) is 0 Å². The van der Waals surface area contributed by atoms with Gasteiger partial charge in [-0.05, 0) is 5.41 Å². The van der Waals surface area contributed by atoms with Crippen LogP contribution in [0.3, 0.4) is 0 Å². The minimum Gasteiger partial charge on any atom is -0.450 e. The van der Waals surface area contributed by atoms with Crippen LogP contribution >= 0.6 is 12.6 Å². The van der Waals surface area contributed by atoms with Crippen LogP contribution in [0.1, 0.15) is 7.43 Å². The molecule has 9 heavy (non-hydrogen) atoms. The van der Waals surface area contributed by atoms with E-state index in [-0.39, 0.29) is 7.43 Å². The Balaban J connectivity index is -0.0000000800. The Kier molecular flexibility index (Phi) is 27.4. The van der Waals surface area contributed by atoms with Gasteiger partial charge < -0.3 is 9.84 Å². The molecule has 0 rings (SSSR count). The first-order chi connectivity index (χ1) is 3.68. The molecule has 0 aliphatic rings. The fraction of sp³-hybridized carbons (Fsp3) is 0.400. The van der Waals surface area contributed by atoms with E-state index in [0.29, 0.717) is 0 Å². The molecule has 0 spiro atoms. The van der Waals surface area contributed by atoms with Gasteiger partial charge in [0.2, 0.25) is 0 Å². The second-order valence-electron chi connectivity index (χ2n) is 0.653. The summed E-state index contributed by atoms with van der Waals surface area (Å²) in [5, 5.41) is 8.94. The Morgan fingerprint density at radius 2 is 2.00 bits per heavy atom. The van der Waals surface area contributed by atoms with Crippen molar-refractivity contribution in [2.75, 3.05) is 7.11 Å². The average molecular weight is 152 g/mol. The van der Waals surface area contributed by atoms with E-state index in [1.165, 1.54) is 5.41 Å². The number of carboxylic acid groups (broad SMARTS) is 1. The molecule has 0 saturated carbocycles. The molecular weight excluding hydrogens is 140 g/mol. The van der Waals surface area contributed by atoms with E-state index < -0.39 is 6.16 Å². The highest BCUT2D eigenvalue weighted by molar-refractivity contribution is 7.83. The molecule has 0 aliphatic carbocycles. The van der Waals surface area contributed by atoms with E-state index in [4.69, 9.17) is 9.90 Å². The van der Waals surface area contributed by atoms with Crippen LogP contribution in [0.2, 0.25) is 0 Å². The highest BCUT2D eigenvalue weighted by Crippen LogP contribution is 1.60. The lowest BCUT2D eigenvalue weighted by molar-refractivity contribution is 0.114. The fourth-order valence-corrected chi connectivity index (χ4v) is 0. The lowest BCUT2D eigenvalue weighted by Crippen LogP contribution is -1.91. The van der Waals surface area contributed by atoms with Crippen molar-refractivity contribution in [2.24, 2.45) is 0 Å². The number of methoxy groups -OCH3 is 1. The van der Waals surface area contributed by atoms with Crippen molar-refractivity contribution >= 4 is 18.8 Å². The number of thiol groups is 1. The predicted octanol–water partition coefficient (Wildman–Crippen LogP) is 2.01. The first kappa shape index (κ1) is 15.8. The van der Waals surface area contributed by atoms with Crippen molar-refractivity contribution in [3.63, 3.8) is 0 Å². The van der Waals surface area contributed by atoms with Crippen LogP contribution in [0, 0.1) is 0 Å². The van der Waals surface area contributed by atoms with Crippen LogP contribution in [0.5, 0.6) is 0 Å². The van der Waals surface area contributed by atoms with Crippen molar-refractivity contribution in [3.05, 3.63) is 12.0 Å². The number of hydrogen-bond acceptors (Lipinski definition) is 3. The summed E-state index contributed by atoms with van der Waals surface area (Å²) in [6, 6.07) is 0. The van der Waals surface area contributed by atoms with Gasteiger partial charge in [-0.15, -0.1) is 0 Å². The van der Waals surface area contributed by atoms with Crippen LogP contribution in [0.4, 0.5) is 4.79 Å². The maximum atomic E-state index is 9.15. The molecule has 0 unspecified atom stereocenters. The SMILES string of the molecule is C.C=CS.COC(=O)O. The Morgan fingerprint density at radius 3 is 2.00 bits per heavy atom. The molecule has 3 nitrogen and oxygen atoms in total. The summed E-state index contributed by atoms with van der Waals surface area (Å²) in [4.78, 5) is 9.15. The molecule has 0 aromatic heterocycles. The molecule has 56 valence electrons. The van der Waals surface area contributed by atoms with E-state index in [1.807, 2.05) is 0 Å². The van der Waals surface area contributed by atoms with Crippen LogP contribution in [-0.4, -0.2) is 18.4 Å². The highest BCUT2D eigenvalue weighted by Gasteiger charge is 1.80. The number of ether oxygens (including phenoxy) is 1. The average Bonchev–Trinajstić information content (AvgIpc) is 1.69. The molecule has 0 fully saturated rings. The van der Waals surface area contributed by atoms with Gasteiger partial charge in [-0.25, -0.2) is 4.79 Å². The fourth-order valence-electron chi connectivity index (χ4n) is 0. The van der Waals surface area contributed by atoms with Gasteiger partial charge in [0, 0.05) is 0 Å². The zero-order valence-electron chi connectivity index (χ0n) is 4.50. The van der Waals surface area contributed by atoms with Crippen LogP contribution in [0.25, 0.3) is 0 Å². The van der Waals surface area contributed by atoms with E-state index in [0.717, 1.165) is 7.11 Å². The standard InChI is InChI=1S/C2H4O3.C2H4S.CH4/c1-5-2(3)4;1-2-3;/h1H3,(H,3,4);2-3H,1H2;1H4. The highest BCUT2D eigenvalue weighted by atomic mass is 32.1. The third-order valence-electron chi connectivity index (χ3n) is 0.175. The van der Waals surface area contributed by atoms with E-state index in [2.05, 4.69) is 23.9 Å². The Labute approximate surface area is 60.7 Å². The smallest absolute Gasteiger partial charge is 0.450 e. The van der Waals surface area contributed by atoms with Crippen LogP contribution in [0.15, 0.2) is 12.0 Å². The van der Waals surface area contributed by atoms with Gasteiger partial charge in [-0.3, -0.25) is 0 Å². The molecule has 0 saturated heterocycles. The largest absolute Gasteiger partial charge is 0.505 e. The van der Waals surface area contributed by atoms with Gasteiger partial charge in [0.25, 0.3) is 0 Å². The second kappa shape index (κ2) is 15.7. The van der Waals surface area contributed by atoms with Gasteiger partial charge >= 0.3 is 6.16 Å². The van der Waals surface area contributed by atoms with Crippen molar-refractivity contribution in [1.29, 1.82) is 0 Å². The first-order valence-electron chi connectivity index (χ1n) is 1.71. The van der Waals surface area contributed by atoms with E-state index >= 15 is 0 Å². The molecule has 4 heteroatoms. The summed E-state index contributed by atoms with van der Waals surface area (Å²) in [6.45, 7) is 3.23. The summed E-state index contributed by atoms with van der Waals surface area (Å²) < 4.78 is 3.67. The Hall–Kier alpha value is -0.640. The summed E-state index contributed by atoms with van der Waals surface area (Å²) >= 11 is 3.55. The normalized spacial score (nSPS) is 5.11. The number of hydrogen-bond donors (Lipinski definition) is 2. The zero-order valence-corrected chi connectivity index (χ0v) is 5.39. The van der Waals surface area contributed by atoms with Gasteiger partial charge in [0.15, 0.2) is 0 Å². The van der Waals surface area contributed by atoms with Gasteiger partial charge in [-0.1, -0.05) is 14.0 Å². The van der Waals surface area contributed by atoms with Crippen molar-refractivity contribution in [2.45, 2.75) is 7.43 Å². The summed E-state index contributed by atoms with van der Waals surface area (Å²) in [7, 11) is 1.10. The molecule has 0 aliphatic heterocycles. The molecule has 1 N–H and O–H groups in total. The van der Waals surface area contributed by atoms with Crippen LogP contribution < -0.4 is 0 Å². The lowest BCUT2D eigenvalue weighted by Gasteiger charge is -1.79. The topological polar surface area (TPSA) is 46.5 Å². The number of rotatable bonds is 0. The van der Waals surface area contributed by atoms with Crippen molar-refractivity contribution in [3.8, 4) is 0 Å². The maximum Gasteiger partial charge on any atom is 0.505 e. The minimum absolute atomic E-state index is 0. The van der Waals surface area contributed by atoms with Crippen molar-refractivity contribution < 1.29 is 14.6 Å². The summed E-state index contributed by atoms with van der Waals surface area (Å²) in [5.41, 5.74) is 0.